The Morgan fingerprint density at radius 2 is 2.24 bits per heavy atom. The van der Waals surface area contributed by atoms with Gasteiger partial charge in [-0.2, -0.15) is 0 Å². The van der Waals surface area contributed by atoms with Gasteiger partial charge in [-0.05, 0) is 29.8 Å². The predicted molar refractivity (Wildman–Crippen MR) is 80.1 cm³/mol. The highest BCUT2D eigenvalue weighted by atomic mass is 32.1. The van der Waals surface area contributed by atoms with Gasteiger partial charge in [0, 0.05) is 11.1 Å². The second-order valence-corrected chi connectivity index (χ2v) is 5.19. The molecular weight excluding hydrogens is 288 g/mol. The second-order valence-electron chi connectivity index (χ2n) is 4.33. The first-order valence-electron chi connectivity index (χ1n) is 6.27. The molecule has 0 fully saturated rings. The lowest BCUT2D eigenvalue weighted by molar-refractivity contribution is 0.102. The van der Waals surface area contributed by atoms with Crippen LogP contribution in [-0.4, -0.2) is 16.0 Å². The molecule has 1 amide bonds. The van der Waals surface area contributed by atoms with E-state index in [1.807, 2.05) is 0 Å². The molecule has 0 aliphatic rings. The van der Waals surface area contributed by atoms with Gasteiger partial charge in [-0.1, -0.05) is 12.1 Å². The number of anilines is 1. The third kappa shape index (κ3) is 3.01. The van der Waals surface area contributed by atoms with Crippen molar-refractivity contribution in [2.75, 3.05) is 5.32 Å². The van der Waals surface area contributed by atoms with Crippen LogP contribution in [0.3, 0.4) is 0 Å². The van der Waals surface area contributed by atoms with E-state index < -0.39 is 0 Å². The molecule has 0 aliphatic heterocycles. The van der Waals surface area contributed by atoms with E-state index in [1.165, 1.54) is 11.3 Å². The van der Waals surface area contributed by atoms with Gasteiger partial charge in [-0.25, -0.2) is 4.98 Å². The summed E-state index contributed by atoms with van der Waals surface area (Å²) in [7, 11) is 0. The number of hydrogen-bond acceptors (Lipinski definition) is 5. The molecule has 0 saturated carbocycles. The predicted octanol–water partition coefficient (Wildman–Crippen LogP) is 3.15. The third-order valence-electron chi connectivity index (χ3n) is 2.84. The van der Waals surface area contributed by atoms with E-state index in [-0.39, 0.29) is 12.5 Å². The maximum atomic E-state index is 12.1. The molecule has 21 heavy (non-hydrogen) atoms. The Labute approximate surface area is 124 Å². The van der Waals surface area contributed by atoms with Crippen molar-refractivity contribution in [2.45, 2.75) is 6.61 Å². The van der Waals surface area contributed by atoms with Gasteiger partial charge < -0.3 is 14.8 Å². The molecule has 0 bridgehead atoms. The van der Waals surface area contributed by atoms with Crippen LogP contribution >= 0.6 is 11.3 Å². The zero-order valence-corrected chi connectivity index (χ0v) is 11.8. The van der Waals surface area contributed by atoms with Crippen LogP contribution < -0.4 is 5.32 Å². The van der Waals surface area contributed by atoms with Crippen LogP contribution in [0.5, 0.6) is 0 Å². The number of benzene rings is 1. The van der Waals surface area contributed by atoms with Crippen molar-refractivity contribution in [3.8, 4) is 10.8 Å². The number of thiazole rings is 1. The number of carbonyl (C=O) groups is 1. The van der Waals surface area contributed by atoms with Crippen molar-refractivity contribution >= 4 is 22.9 Å². The standard InChI is InChI=1S/C15H12N2O3S/c18-8-10-3-1-4-11(7-10)16-14(19)12-9-21-15(17-12)13-5-2-6-20-13/h1-7,9,18H,8H2,(H,16,19). The van der Waals surface area contributed by atoms with Crippen molar-refractivity contribution in [1.82, 2.24) is 4.98 Å². The van der Waals surface area contributed by atoms with Gasteiger partial charge in [-0.15, -0.1) is 11.3 Å². The number of rotatable bonds is 4. The average Bonchev–Trinajstić information content (AvgIpc) is 3.18. The lowest BCUT2D eigenvalue weighted by Gasteiger charge is -2.04. The summed E-state index contributed by atoms with van der Waals surface area (Å²) in [6, 6.07) is 10.6. The van der Waals surface area contributed by atoms with E-state index >= 15 is 0 Å². The molecule has 3 aromatic rings. The minimum absolute atomic E-state index is 0.0664. The normalized spacial score (nSPS) is 10.5. The fourth-order valence-corrected chi connectivity index (χ4v) is 2.60. The Kier molecular flexibility index (Phi) is 3.81. The summed E-state index contributed by atoms with van der Waals surface area (Å²) in [4.78, 5) is 16.4. The van der Waals surface area contributed by atoms with Crippen LogP contribution in [0.1, 0.15) is 16.1 Å². The van der Waals surface area contributed by atoms with Gasteiger partial charge >= 0.3 is 0 Å². The lowest BCUT2D eigenvalue weighted by Crippen LogP contribution is -2.12. The molecule has 2 N–H and O–H groups in total. The first kappa shape index (κ1) is 13.5. The number of nitrogens with one attached hydrogen (secondary N) is 1. The fourth-order valence-electron chi connectivity index (χ4n) is 1.83. The van der Waals surface area contributed by atoms with Crippen molar-refractivity contribution in [3.63, 3.8) is 0 Å². The highest BCUT2D eigenvalue weighted by molar-refractivity contribution is 7.13. The van der Waals surface area contributed by atoms with Crippen LogP contribution in [0.15, 0.2) is 52.5 Å². The molecule has 5 nitrogen and oxygen atoms in total. The van der Waals surface area contributed by atoms with E-state index in [9.17, 15) is 4.79 Å². The molecule has 3 rings (SSSR count). The molecule has 6 heteroatoms. The number of amides is 1. The van der Waals surface area contributed by atoms with Crippen LogP contribution in [0.25, 0.3) is 10.8 Å². The van der Waals surface area contributed by atoms with E-state index in [2.05, 4.69) is 10.3 Å². The second kappa shape index (κ2) is 5.90. The summed E-state index contributed by atoms with van der Waals surface area (Å²) in [6.45, 7) is -0.0664. The summed E-state index contributed by atoms with van der Waals surface area (Å²) in [5, 5.41) is 14.2. The number of carbonyl (C=O) groups excluding carboxylic acids is 1. The van der Waals surface area contributed by atoms with Gasteiger partial charge in [0.2, 0.25) is 0 Å². The highest BCUT2D eigenvalue weighted by Crippen LogP contribution is 2.24. The molecule has 0 aliphatic carbocycles. The van der Waals surface area contributed by atoms with Crippen molar-refractivity contribution < 1.29 is 14.3 Å². The van der Waals surface area contributed by atoms with Gasteiger partial charge in [0.15, 0.2) is 10.8 Å². The fraction of sp³-hybridized carbons (Fsp3) is 0.0667. The molecule has 0 unspecified atom stereocenters. The Morgan fingerprint density at radius 1 is 1.33 bits per heavy atom. The molecule has 106 valence electrons. The molecular formula is C15H12N2O3S. The molecule has 0 radical (unpaired) electrons. The number of furan rings is 1. The summed E-state index contributed by atoms with van der Waals surface area (Å²) in [6.07, 6.45) is 1.57. The van der Waals surface area contributed by atoms with Gasteiger partial charge in [0.05, 0.1) is 12.9 Å². The highest BCUT2D eigenvalue weighted by Gasteiger charge is 2.13. The van der Waals surface area contributed by atoms with Crippen LogP contribution in [0.2, 0.25) is 0 Å². The maximum Gasteiger partial charge on any atom is 0.275 e. The average molecular weight is 300 g/mol. The van der Waals surface area contributed by atoms with E-state index in [1.54, 1.807) is 48.0 Å². The number of hydrogen-bond donors (Lipinski definition) is 2. The van der Waals surface area contributed by atoms with Crippen LogP contribution in [-0.2, 0) is 6.61 Å². The lowest BCUT2D eigenvalue weighted by atomic mass is 10.2. The van der Waals surface area contributed by atoms with Crippen LogP contribution in [0.4, 0.5) is 5.69 Å². The Morgan fingerprint density at radius 3 is 3.00 bits per heavy atom. The first-order valence-corrected chi connectivity index (χ1v) is 7.15. The third-order valence-corrected chi connectivity index (χ3v) is 3.69. The SMILES string of the molecule is O=C(Nc1cccc(CO)c1)c1csc(-c2ccco2)n1. The number of aliphatic hydroxyl groups excluding tert-OH is 1. The minimum Gasteiger partial charge on any atom is -0.462 e. The molecule has 0 atom stereocenters. The minimum atomic E-state index is -0.292. The van der Waals surface area contributed by atoms with Gasteiger partial charge in [-0.3, -0.25) is 4.79 Å². The summed E-state index contributed by atoms with van der Waals surface area (Å²) >= 11 is 1.35. The summed E-state index contributed by atoms with van der Waals surface area (Å²) in [5.74, 6) is 0.348. The number of aliphatic hydroxyl groups is 1. The smallest absolute Gasteiger partial charge is 0.275 e. The molecule has 1 aromatic carbocycles. The molecule has 0 saturated heterocycles. The zero-order chi connectivity index (χ0) is 14.7. The number of aromatic nitrogens is 1. The van der Waals surface area contributed by atoms with E-state index in [0.29, 0.717) is 22.1 Å². The van der Waals surface area contributed by atoms with Crippen molar-refractivity contribution in [3.05, 3.63) is 59.3 Å². The number of nitrogens with zero attached hydrogens (tertiary/aromatic N) is 1. The Balaban J connectivity index is 1.76. The quantitative estimate of drug-likeness (QED) is 0.776. The maximum absolute atomic E-state index is 12.1. The largest absolute Gasteiger partial charge is 0.462 e. The summed E-state index contributed by atoms with van der Waals surface area (Å²) < 4.78 is 5.25. The Hall–Kier alpha value is -2.44. The van der Waals surface area contributed by atoms with Crippen molar-refractivity contribution in [1.29, 1.82) is 0 Å². The monoisotopic (exact) mass is 300 g/mol. The van der Waals surface area contributed by atoms with Crippen LogP contribution in [0, 0.1) is 0 Å². The van der Waals surface area contributed by atoms with Gasteiger partial charge in [0.1, 0.15) is 5.69 Å². The topological polar surface area (TPSA) is 75.4 Å². The first-order chi connectivity index (χ1) is 10.3. The van der Waals surface area contributed by atoms with Gasteiger partial charge in [0.25, 0.3) is 5.91 Å². The summed E-state index contributed by atoms with van der Waals surface area (Å²) in [5.41, 5.74) is 1.70. The van der Waals surface area contributed by atoms with E-state index in [4.69, 9.17) is 9.52 Å². The molecule has 2 aromatic heterocycles. The molecule has 2 heterocycles. The zero-order valence-electron chi connectivity index (χ0n) is 10.9. The van der Waals surface area contributed by atoms with Crippen molar-refractivity contribution in [2.24, 2.45) is 0 Å². The molecule has 0 spiro atoms. The van der Waals surface area contributed by atoms with E-state index in [0.717, 1.165) is 5.56 Å². The Bertz CT molecular complexity index is 750.